The second kappa shape index (κ2) is 5.94. The first kappa shape index (κ1) is 14.4. The van der Waals surface area contributed by atoms with Gasteiger partial charge in [-0.1, -0.05) is 17.7 Å². The summed E-state index contributed by atoms with van der Waals surface area (Å²) < 4.78 is 26.2. The van der Waals surface area contributed by atoms with Gasteiger partial charge < -0.3 is 0 Å². The molecule has 0 saturated heterocycles. The molecular weight excluding hydrogens is 307 g/mol. The van der Waals surface area contributed by atoms with Gasteiger partial charge in [-0.25, -0.2) is 8.42 Å². The number of alkyl halides is 1. The lowest BCUT2D eigenvalue weighted by Gasteiger charge is -2.10. The van der Waals surface area contributed by atoms with Crippen LogP contribution in [-0.2, 0) is 10.0 Å². The first-order valence-electron chi connectivity index (χ1n) is 5.62. The van der Waals surface area contributed by atoms with Crippen LogP contribution in [0.4, 0.5) is 5.69 Å². The van der Waals surface area contributed by atoms with Crippen LogP contribution in [0, 0.1) is 0 Å². The van der Waals surface area contributed by atoms with Gasteiger partial charge in [0.25, 0.3) is 0 Å². The van der Waals surface area contributed by atoms with Crippen LogP contribution in [0.15, 0.2) is 30.5 Å². The molecule has 0 amide bonds. The molecule has 1 N–H and O–H groups in total. The van der Waals surface area contributed by atoms with Crippen molar-refractivity contribution in [1.82, 2.24) is 4.98 Å². The standard InChI is InChI=1S/C12H12Cl2N2O2S/c13-4-2-6-19(17,18)16-11-8-10(14)7-9-3-1-5-15-12(9)11/h1,3,5,7-8,16H,2,4,6H2. The van der Waals surface area contributed by atoms with E-state index in [1.165, 1.54) is 0 Å². The van der Waals surface area contributed by atoms with Crippen molar-refractivity contribution >= 4 is 49.8 Å². The summed E-state index contributed by atoms with van der Waals surface area (Å²) in [6.45, 7) is 0. The number of aromatic nitrogens is 1. The van der Waals surface area contributed by atoms with E-state index in [2.05, 4.69) is 9.71 Å². The molecule has 0 aliphatic rings. The van der Waals surface area contributed by atoms with Crippen molar-refractivity contribution in [2.45, 2.75) is 6.42 Å². The minimum atomic E-state index is -3.44. The fourth-order valence-corrected chi connectivity index (χ4v) is 3.33. The maximum Gasteiger partial charge on any atom is 0.232 e. The van der Waals surface area contributed by atoms with Crippen LogP contribution in [0.1, 0.15) is 6.42 Å². The number of hydrogen-bond donors (Lipinski definition) is 1. The molecule has 0 aliphatic carbocycles. The summed E-state index contributed by atoms with van der Waals surface area (Å²) in [5.74, 6) is 0.271. The van der Waals surface area contributed by atoms with Crippen LogP contribution in [0.25, 0.3) is 10.9 Å². The molecule has 102 valence electrons. The minimum Gasteiger partial charge on any atom is -0.281 e. The molecule has 0 fully saturated rings. The molecule has 1 heterocycles. The predicted octanol–water partition coefficient (Wildman–Crippen LogP) is 3.26. The molecule has 4 nitrogen and oxygen atoms in total. The van der Waals surface area contributed by atoms with Gasteiger partial charge in [-0.2, -0.15) is 0 Å². The lowest BCUT2D eigenvalue weighted by atomic mass is 10.2. The van der Waals surface area contributed by atoms with E-state index in [-0.39, 0.29) is 5.75 Å². The Hall–Kier alpha value is -1.04. The number of hydrogen-bond acceptors (Lipinski definition) is 3. The molecule has 0 radical (unpaired) electrons. The summed E-state index contributed by atoms with van der Waals surface area (Å²) in [7, 11) is -3.44. The molecular formula is C12H12Cl2N2O2S. The number of nitrogens with zero attached hydrogens (tertiary/aromatic N) is 1. The van der Waals surface area contributed by atoms with E-state index in [1.807, 2.05) is 6.07 Å². The predicted molar refractivity (Wildman–Crippen MR) is 79.5 cm³/mol. The Morgan fingerprint density at radius 3 is 2.84 bits per heavy atom. The topological polar surface area (TPSA) is 59.1 Å². The fourth-order valence-electron chi connectivity index (χ4n) is 1.70. The number of pyridine rings is 1. The minimum absolute atomic E-state index is 0.0304. The van der Waals surface area contributed by atoms with Gasteiger partial charge in [0.2, 0.25) is 10.0 Å². The number of halogens is 2. The molecule has 7 heteroatoms. The van der Waals surface area contributed by atoms with Crippen molar-refractivity contribution in [2.75, 3.05) is 16.4 Å². The fraction of sp³-hybridized carbons (Fsp3) is 0.250. The summed E-state index contributed by atoms with van der Waals surface area (Å²) in [4.78, 5) is 4.18. The van der Waals surface area contributed by atoms with Crippen molar-refractivity contribution in [3.8, 4) is 0 Å². The highest BCUT2D eigenvalue weighted by Gasteiger charge is 2.13. The SMILES string of the molecule is O=S(=O)(CCCCl)Nc1cc(Cl)cc2cccnc12. The van der Waals surface area contributed by atoms with Crippen molar-refractivity contribution in [2.24, 2.45) is 0 Å². The monoisotopic (exact) mass is 318 g/mol. The van der Waals surface area contributed by atoms with Crippen molar-refractivity contribution < 1.29 is 8.42 Å². The second-order valence-electron chi connectivity index (χ2n) is 3.99. The van der Waals surface area contributed by atoms with Gasteiger partial charge in [0.1, 0.15) is 0 Å². The molecule has 0 aliphatic heterocycles. The zero-order valence-electron chi connectivity index (χ0n) is 9.94. The first-order chi connectivity index (χ1) is 9.02. The van der Waals surface area contributed by atoms with Crippen LogP contribution >= 0.6 is 23.2 Å². The van der Waals surface area contributed by atoms with E-state index in [4.69, 9.17) is 23.2 Å². The molecule has 0 unspecified atom stereocenters. The van der Waals surface area contributed by atoms with Crippen LogP contribution in [-0.4, -0.2) is 25.0 Å². The molecule has 2 rings (SSSR count). The lowest BCUT2D eigenvalue weighted by Crippen LogP contribution is -2.17. The number of fused-ring (bicyclic) bond motifs is 1. The Labute approximate surface area is 121 Å². The molecule has 2 aromatic rings. The lowest BCUT2D eigenvalue weighted by molar-refractivity contribution is 0.600. The van der Waals surface area contributed by atoms with E-state index in [0.717, 1.165) is 5.39 Å². The van der Waals surface area contributed by atoms with Crippen molar-refractivity contribution in [3.05, 3.63) is 35.5 Å². The number of rotatable bonds is 5. The highest BCUT2D eigenvalue weighted by molar-refractivity contribution is 7.92. The van der Waals surface area contributed by atoms with Crippen LogP contribution in [0.5, 0.6) is 0 Å². The average Bonchev–Trinajstić information content (AvgIpc) is 2.36. The summed E-state index contributed by atoms with van der Waals surface area (Å²) >= 11 is 11.5. The summed E-state index contributed by atoms with van der Waals surface area (Å²) in [5, 5.41) is 1.24. The first-order valence-corrected chi connectivity index (χ1v) is 8.19. The van der Waals surface area contributed by atoms with Gasteiger partial charge in [-0.05, 0) is 24.6 Å². The third-order valence-electron chi connectivity index (χ3n) is 2.48. The van der Waals surface area contributed by atoms with E-state index in [9.17, 15) is 8.42 Å². The smallest absolute Gasteiger partial charge is 0.232 e. The molecule has 19 heavy (non-hydrogen) atoms. The van der Waals surface area contributed by atoms with E-state index in [1.54, 1.807) is 24.4 Å². The Morgan fingerprint density at radius 1 is 1.32 bits per heavy atom. The Balaban J connectivity index is 2.40. The van der Waals surface area contributed by atoms with Gasteiger partial charge in [-0.15, -0.1) is 11.6 Å². The van der Waals surface area contributed by atoms with Crippen molar-refractivity contribution in [1.29, 1.82) is 0 Å². The van der Waals surface area contributed by atoms with Crippen LogP contribution in [0.2, 0.25) is 5.02 Å². The Morgan fingerprint density at radius 2 is 2.11 bits per heavy atom. The molecule has 1 aromatic heterocycles. The molecule has 0 saturated carbocycles. The van der Waals surface area contributed by atoms with Gasteiger partial charge in [0.05, 0.1) is 17.0 Å². The van der Waals surface area contributed by atoms with Crippen LogP contribution < -0.4 is 4.72 Å². The van der Waals surface area contributed by atoms with E-state index < -0.39 is 10.0 Å². The summed E-state index contributed by atoms with van der Waals surface area (Å²) in [6, 6.07) is 6.88. The normalized spacial score (nSPS) is 11.7. The average molecular weight is 319 g/mol. The Bertz CT molecular complexity index is 689. The molecule has 0 bridgehead atoms. The highest BCUT2D eigenvalue weighted by Crippen LogP contribution is 2.27. The zero-order valence-corrected chi connectivity index (χ0v) is 12.3. The molecule has 0 atom stereocenters. The number of nitrogens with one attached hydrogen (secondary N) is 1. The third kappa shape index (κ3) is 3.72. The van der Waals surface area contributed by atoms with Gasteiger partial charge in [-0.3, -0.25) is 9.71 Å². The quantitative estimate of drug-likeness (QED) is 0.861. The highest BCUT2D eigenvalue weighted by atomic mass is 35.5. The third-order valence-corrected chi connectivity index (χ3v) is 4.32. The largest absolute Gasteiger partial charge is 0.281 e. The van der Waals surface area contributed by atoms with Crippen molar-refractivity contribution in [3.63, 3.8) is 0 Å². The number of anilines is 1. The maximum absolute atomic E-state index is 11.9. The van der Waals surface area contributed by atoms with E-state index >= 15 is 0 Å². The molecule has 0 spiro atoms. The van der Waals surface area contributed by atoms with Gasteiger partial charge in [0.15, 0.2) is 0 Å². The number of sulfonamides is 1. The summed E-state index contributed by atoms with van der Waals surface area (Å²) in [5.41, 5.74) is 0.957. The number of benzene rings is 1. The van der Waals surface area contributed by atoms with Gasteiger partial charge >= 0.3 is 0 Å². The van der Waals surface area contributed by atoms with Crippen LogP contribution in [0.3, 0.4) is 0 Å². The zero-order chi connectivity index (χ0) is 13.9. The summed E-state index contributed by atoms with van der Waals surface area (Å²) in [6.07, 6.45) is 2.00. The van der Waals surface area contributed by atoms with E-state index in [0.29, 0.717) is 28.5 Å². The maximum atomic E-state index is 11.9. The Kier molecular flexibility index (Phi) is 4.50. The molecule has 1 aromatic carbocycles. The van der Waals surface area contributed by atoms with Gasteiger partial charge in [0, 0.05) is 22.5 Å². The second-order valence-corrected chi connectivity index (χ2v) is 6.65.